The second kappa shape index (κ2) is 7.30. The van der Waals surface area contributed by atoms with Crippen LogP contribution in [0.15, 0.2) is 28.6 Å². The number of thioether (sulfide) groups is 1. The van der Waals surface area contributed by atoms with Gasteiger partial charge in [0.2, 0.25) is 0 Å². The zero-order valence-corrected chi connectivity index (χ0v) is 13.9. The SMILES string of the molecule is O=C(O)N1CCN(CCCSc2nc3ccccc3s2)CC1. The Labute approximate surface area is 137 Å². The highest BCUT2D eigenvalue weighted by Crippen LogP contribution is 2.29. The van der Waals surface area contributed by atoms with Crippen molar-refractivity contribution in [3.05, 3.63) is 24.3 Å². The van der Waals surface area contributed by atoms with E-state index in [1.165, 1.54) is 9.60 Å². The van der Waals surface area contributed by atoms with Gasteiger partial charge in [-0.15, -0.1) is 11.3 Å². The van der Waals surface area contributed by atoms with Crippen LogP contribution in [-0.2, 0) is 0 Å². The number of nitrogens with zero attached hydrogens (tertiary/aromatic N) is 3. The predicted molar refractivity (Wildman–Crippen MR) is 91.0 cm³/mol. The molecule has 1 aliphatic rings. The summed E-state index contributed by atoms with van der Waals surface area (Å²) in [6.07, 6.45) is 0.305. The lowest BCUT2D eigenvalue weighted by Crippen LogP contribution is -2.48. The van der Waals surface area contributed by atoms with E-state index in [0.717, 1.165) is 41.7 Å². The smallest absolute Gasteiger partial charge is 0.407 e. The first-order valence-electron chi connectivity index (χ1n) is 7.41. The van der Waals surface area contributed by atoms with Gasteiger partial charge in [0, 0.05) is 31.9 Å². The van der Waals surface area contributed by atoms with Gasteiger partial charge in [-0.05, 0) is 25.1 Å². The summed E-state index contributed by atoms with van der Waals surface area (Å²) in [6.45, 7) is 3.97. The van der Waals surface area contributed by atoms with E-state index >= 15 is 0 Å². The Morgan fingerprint density at radius 3 is 2.77 bits per heavy atom. The fraction of sp³-hybridized carbons (Fsp3) is 0.467. The maximum absolute atomic E-state index is 10.9. The van der Waals surface area contributed by atoms with Crippen molar-refractivity contribution < 1.29 is 9.90 Å². The molecule has 22 heavy (non-hydrogen) atoms. The molecule has 0 aliphatic carbocycles. The molecule has 2 aromatic rings. The summed E-state index contributed by atoms with van der Waals surface area (Å²) in [5, 5.41) is 8.92. The van der Waals surface area contributed by atoms with E-state index in [9.17, 15) is 4.79 Å². The summed E-state index contributed by atoms with van der Waals surface area (Å²) in [7, 11) is 0. The van der Waals surface area contributed by atoms with E-state index in [1.807, 2.05) is 23.9 Å². The normalized spacial score (nSPS) is 16.3. The molecule has 118 valence electrons. The average Bonchev–Trinajstić information content (AvgIpc) is 2.95. The third-order valence-corrected chi connectivity index (χ3v) is 6.03. The number of carboxylic acid groups (broad SMARTS) is 1. The maximum Gasteiger partial charge on any atom is 0.407 e. The van der Waals surface area contributed by atoms with Crippen molar-refractivity contribution in [2.45, 2.75) is 10.8 Å². The Balaban J connectivity index is 1.38. The molecular weight excluding hydrogens is 318 g/mol. The summed E-state index contributed by atoms with van der Waals surface area (Å²) in [4.78, 5) is 19.3. The summed E-state index contributed by atoms with van der Waals surface area (Å²) < 4.78 is 2.38. The van der Waals surface area contributed by atoms with Gasteiger partial charge in [-0.1, -0.05) is 23.9 Å². The van der Waals surface area contributed by atoms with Gasteiger partial charge in [0.1, 0.15) is 0 Å². The van der Waals surface area contributed by atoms with Gasteiger partial charge < -0.3 is 10.0 Å². The van der Waals surface area contributed by atoms with Crippen molar-refractivity contribution >= 4 is 39.4 Å². The number of piperazine rings is 1. The van der Waals surface area contributed by atoms with Gasteiger partial charge in [-0.2, -0.15) is 0 Å². The highest BCUT2D eigenvalue weighted by atomic mass is 32.2. The van der Waals surface area contributed by atoms with Crippen molar-refractivity contribution in [1.82, 2.24) is 14.8 Å². The van der Waals surface area contributed by atoms with Crippen LogP contribution in [0, 0.1) is 0 Å². The molecule has 1 amide bonds. The zero-order valence-electron chi connectivity index (χ0n) is 12.3. The minimum absolute atomic E-state index is 0.625. The molecule has 0 radical (unpaired) electrons. The topological polar surface area (TPSA) is 56.7 Å². The molecule has 0 unspecified atom stereocenters. The molecule has 3 rings (SSSR count). The third kappa shape index (κ3) is 3.91. The van der Waals surface area contributed by atoms with Gasteiger partial charge in [-0.25, -0.2) is 9.78 Å². The van der Waals surface area contributed by atoms with Crippen LogP contribution in [0.4, 0.5) is 4.79 Å². The van der Waals surface area contributed by atoms with Crippen molar-refractivity contribution in [3.8, 4) is 0 Å². The fourth-order valence-corrected chi connectivity index (χ4v) is 4.59. The van der Waals surface area contributed by atoms with E-state index in [2.05, 4.69) is 22.0 Å². The molecule has 5 nitrogen and oxygen atoms in total. The molecule has 7 heteroatoms. The van der Waals surface area contributed by atoms with E-state index in [-0.39, 0.29) is 0 Å². The number of benzene rings is 1. The molecule has 2 heterocycles. The Kier molecular flexibility index (Phi) is 5.17. The van der Waals surface area contributed by atoms with Crippen molar-refractivity contribution in [1.29, 1.82) is 0 Å². The van der Waals surface area contributed by atoms with E-state index < -0.39 is 6.09 Å². The largest absolute Gasteiger partial charge is 0.465 e. The molecule has 1 aromatic carbocycles. The highest BCUT2D eigenvalue weighted by molar-refractivity contribution is 8.01. The first kappa shape index (κ1) is 15.6. The first-order valence-corrected chi connectivity index (χ1v) is 9.21. The molecule has 1 N–H and O–H groups in total. The van der Waals surface area contributed by atoms with Gasteiger partial charge in [0.25, 0.3) is 0 Å². The van der Waals surface area contributed by atoms with Crippen LogP contribution in [0.5, 0.6) is 0 Å². The maximum atomic E-state index is 10.9. The quantitative estimate of drug-likeness (QED) is 0.671. The first-order chi connectivity index (χ1) is 10.7. The number of rotatable bonds is 5. The Morgan fingerprint density at radius 2 is 2.05 bits per heavy atom. The number of para-hydroxylation sites is 1. The van der Waals surface area contributed by atoms with Gasteiger partial charge in [0.15, 0.2) is 4.34 Å². The van der Waals surface area contributed by atoms with E-state index in [0.29, 0.717) is 13.1 Å². The lowest BCUT2D eigenvalue weighted by atomic mass is 10.3. The zero-order chi connectivity index (χ0) is 15.4. The van der Waals surface area contributed by atoms with Crippen LogP contribution >= 0.6 is 23.1 Å². The average molecular weight is 337 g/mol. The molecule has 1 aromatic heterocycles. The van der Waals surface area contributed by atoms with Gasteiger partial charge >= 0.3 is 6.09 Å². The van der Waals surface area contributed by atoms with Crippen LogP contribution in [0.1, 0.15) is 6.42 Å². The Hall–Kier alpha value is -1.31. The summed E-state index contributed by atoms with van der Waals surface area (Å²) in [5.41, 5.74) is 1.08. The molecular formula is C15H19N3O2S2. The number of hydrogen-bond acceptors (Lipinski definition) is 5. The standard InChI is InChI=1S/C15H19N3O2S2/c19-15(20)18-9-7-17(8-10-18)6-3-11-21-14-16-12-4-1-2-5-13(12)22-14/h1-2,4-5H,3,6-11H2,(H,19,20). The molecule has 1 fully saturated rings. The molecule has 0 bridgehead atoms. The minimum Gasteiger partial charge on any atom is -0.465 e. The van der Waals surface area contributed by atoms with E-state index in [1.54, 1.807) is 11.3 Å². The van der Waals surface area contributed by atoms with Crippen LogP contribution in [0.25, 0.3) is 10.2 Å². The number of aromatic nitrogens is 1. The second-order valence-corrected chi connectivity index (χ2v) is 7.63. The molecule has 0 atom stereocenters. The molecule has 0 spiro atoms. The highest BCUT2D eigenvalue weighted by Gasteiger charge is 2.19. The second-order valence-electron chi connectivity index (χ2n) is 5.26. The van der Waals surface area contributed by atoms with Crippen molar-refractivity contribution in [2.75, 3.05) is 38.5 Å². The van der Waals surface area contributed by atoms with Gasteiger partial charge in [-0.3, -0.25) is 4.90 Å². The van der Waals surface area contributed by atoms with Gasteiger partial charge in [0.05, 0.1) is 10.2 Å². The molecule has 0 saturated carbocycles. The van der Waals surface area contributed by atoms with Crippen LogP contribution in [0.2, 0.25) is 0 Å². The van der Waals surface area contributed by atoms with E-state index in [4.69, 9.17) is 5.11 Å². The van der Waals surface area contributed by atoms with Crippen LogP contribution in [0.3, 0.4) is 0 Å². The molecule has 1 aliphatic heterocycles. The molecule has 1 saturated heterocycles. The third-order valence-electron chi connectivity index (χ3n) is 3.76. The number of thiazole rings is 1. The summed E-state index contributed by atoms with van der Waals surface area (Å²) in [6, 6.07) is 8.23. The number of hydrogen-bond donors (Lipinski definition) is 1. The lowest BCUT2D eigenvalue weighted by molar-refractivity contribution is 0.106. The monoisotopic (exact) mass is 337 g/mol. The van der Waals surface area contributed by atoms with Crippen LogP contribution < -0.4 is 0 Å². The van der Waals surface area contributed by atoms with Crippen molar-refractivity contribution in [3.63, 3.8) is 0 Å². The Morgan fingerprint density at radius 1 is 1.27 bits per heavy atom. The fourth-order valence-electron chi connectivity index (χ4n) is 2.52. The predicted octanol–water partition coefficient (Wildman–Crippen LogP) is 3.07. The lowest BCUT2D eigenvalue weighted by Gasteiger charge is -2.32. The summed E-state index contributed by atoms with van der Waals surface area (Å²) in [5.74, 6) is 1.05. The van der Waals surface area contributed by atoms with Crippen LogP contribution in [-0.4, -0.2) is 64.5 Å². The Bertz CT molecular complexity index is 606. The number of amides is 1. The number of fused-ring (bicyclic) bond motifs is 1. The summed E-state index contributed by atoms with van der Waals surface area (Å²) >= 11 is 3.57. The number of carbonyl (C=O) groups is 1. The minimum atomic E-state index is -0.800. The van der Waals surface area contributed by atoms with Crippen molar-refractivity contribution in [2.24, 2.45) is 0 Å².